The van der Waals surface area contributed by atoms with E-state index in [9.17, 15) is 27.6 Å². The second kappa shape index (κ2) is 9.17. The molecule has 0 aliphatic carbocycles. The van der Waals surface area contributed by atoms with Crippen molar-refractivity contribution in [2.24, 2.45) is 0 Å². The summed E-state index contributed by atoms with van der Waals surface area (Å²) in [7, 11) is 0. The average Bonchev–Trinajstić information content (AvgIpc) is 3.11. The lowest BCUT2D eigenvalue weighted by molar-refractivity contribution is -0.147. The number of hydrogen-bond donors (Lipinski definition) is 2. The predicted molar refractivity (Wildman–Crippen MR) is 90.8 cm³/mol. The molecule has 0 unspecified atom stereocenters. The first-order valence-corrected chi connectivity index (χ1v) is 8.54. The lowest BCUT2D eigenvalue weighted by Crippen LogP contribution is -2.41. The van der Waals surface area contributed by atoms with Crippen molar-refractivity contribution in [1.82, 2.24) is 10.6 Å². The summed E-state index contributed by atoms with van der Waals surface area (Å²) in [6.45, 7) is -0.476. The lowest BCUT2D eigenvalue weighted by Gasteiger charge is -2.09. The summed E-state index contributed by atoms with van der Waals surface area (Å²) in [6, 6.07) is 7.11. The van der Waals surface area contributed by atoms with Crippen LogP contribution in [0, 0.1) is 0 Å². The number of imide groups is 1. The van der Waals surface area contributed by atoms with Crippen LogP contribution in [0.25, 0.3) is 0 Å². The zero-order valence-corrected chi connectivity index (χ0v) is 14.7. The van der Waals surface area contributed by atoms with Gasteiger partial charge in [0.05, 0.1) is 18.5 Å². The Hall–Kier alpha value is -2.88. The van der Waals surface area contributed by atoms with Gasteiger partial charge in [-0.25, -0.2) is 4.79 Å². The van der Waals surface area contributed by atoms with Crippen LogP contribution in [0.15, 0.2) is 41.8 Å². The van der Waals surface area contributed by atoms with Gasteiger partial charge in [-0.2, -0.15) is 13.2 Å². The van der Waals surface area contributed by atoms with Crippen LogP contribution in [0.5, 0.6) is 0 Å². The Balaban J connectivity index is 1.73. The maximum Gasteiger partial charge on any atom is 0.416 e. The van der Waals surface area contributed by atoms with Gasteiger partial charge in [0.2, 0.25) is 0 Å². The molecule has 1 heterocycles. The van der Waals surface area contributed by atoms with Gasteiger partial charge < -0.3 is 10.1 Å². The highest BCUT2D eigenvalue weighted by molar-refractivity contribution is 7.09. The Morgan fingerprint density at radius 1 is 1.11 bits per heavy atom. The summed E-state index contributed by atoms with van der Waals surface area (Å²) in [5, 5.41) is 6.27. The highest BCUT2D eigenvalue weighted by Crippen LogP contribution is 2.29. The molecule has 2 aromatic rings. The molecule has 10 heteroatoms. The molecule has 1 aromatic carbocycles. The number of carbonyl (C=O) groups excluding carboxylic acids is 3. The minimum absolute atomic E-state index is 0.101. The number of hydrogen-bond acceptors (Lipinski definition) is 5. The van der Waals surface area contributed by atoms with E-state index in [1.165, 1.54) is 23.5 Å². The van der Waals surface area contributed by atoms with Crippen LogP contribution in [0.2, 0.25) is 0 Å². The van der Waals surface area contributed by atoms with Crippen molar-refractivity contribution in [1.29, 1.82) is 0 Å². The van der Waals surface area contributed by atoms with E-state index in [4.69, 9.17) is 0 Å². The molecule has 1 aromatic heterocycles. The number of rotatable bonds is 6. The quantitative estimate of drug-likeness (QED) is 0.731. The van der Waals surface area contributed by atoms with E-state index in [1.54, 1.807) is 0 Å². The second-order valence-corrected chi connectivity index (χ2v) is 6.38. The average molecular weight is 400 g/mol. The van der Waals surface area contributed by atoms with Crippen molar-refractivity contribution < 1.29 is 32.3 Å². The van der Waals surface area contributed by atoms with Crippen molar-refractivity contribution in [3.05, 3.63) is 57.8 Å². The van der Waals surface area contributed by atoms with Crippen molar-refractivity contribution in [2.75, 3.05) is 6.61 Å². The molecule has 0 saturated carbocycles. The van der Waals surface area contributed by atoms with Gasteiger partial charge in [0.15, 0.2) is 6.61 Å². The predicted octanol–water partition coefficient (Wildman–Crippen LogP) is 2.88. The molecule has 6 nitrogen and oxygen atoms in total. The summed E-state index contributed by atoms with van der Waals surface area (Å²) in [5.41, 5.74) is -0.781. The van der Waals surface area contributed by atoms with Crippen molar-refractivity contribution >= 4 is 29.2 Å². The van der Waals surface area contributed by atoms with Crippen LogP contribution in [0.4, 0.5) is 18.0 Å². The van der Waals surface area contributed by atoms with Crippen LogP contribution < -0.4 is 10.6 Å². The number of amides is 3. The topological polar surface area (TPSA) is 84.5 Å². The van der Waals surface area contributed by atoms with Crippen LogP contribution >= 0.6 is 11.3 Å². The number of ether oxygens (including phenoxy) is 1. The van der Waals surface area contributed by atoms with E-state index >= 15 is 0 Å². The Bertz CT molecular complexity index is 807. The number of carbonyl (C=O) groups is 3. The Morgan fingerprint density at radius 2 is 1.89 bits per heavy atom. The third-order valence-corrected chi connectivity index (χ3v) is 4.10. The number of urea groups is 1. The van der Waals surface area contributed by atoms with Crippen molar-refractivity contribution in [2.45, 2.75) is 19.1 Å². The summed E-state index contributed by atoms with van der Waals surface area (Å²) in [4.78, 5) is 35.6. The summed E-state index contributed by atoms with van der Waals surface area (Å²) in [6.07, 6.45) is -4.95. The molecular weight excluding hydrogens is 385 g/mol. The largest absolute Gasteiger partial charge is 0.455 e. The highest BCUT2D eigenvalue weighted by Gasteiger charge is 2.30. The lowest BCUT2D eigenvalue weighted by atomic mass is 10.1. The van der Waals surface area contributed by atoms with Crippen LogP contribution in [-0.2, 0) is 33.5 Å². The third kappa shape index (κ3) is 7.10. The monoisotopic (exact) mass is 400 g/mol. The first-order valence-electron chi connectivity index (χ1n) is 7.66. The molecule has 0 radical (unpaired) electrons. The number of thiophene rings is 1. The van der Waals surface area contributed by atoms with Crippen LogP contribution in [0.1, 0.15) is 16.0 Å². The van der Waals surface area contributed by atoms with E-state index in [0.29, 0.717) is 0 Å². The molecular formula is C17H15F3N2O4S. The van der Waals surface area contributed by atoms with Gasteiger partial charge >= 0.3 is 18.2 Å². The molecule has 144 valence electrons. The molecule has 0 aliphatic rings. The smallest absolute Gasteiger partial charge is 0.416 e. The van der Waals surface area contributed by atoms with Crippen molar-refractivity contribution in [3.8, 4) is 0 Å². The van der Waals surface area contributed by atoms with Gasteiger partial charge in [-0.3, -0.25) is 14.9 Å². The van der Waals surface area contributed by atoms with E-state index in [1.807, 2.05) is 22.8 Å². The number of esters is 1. The minimum Gasteiger partial charge on any atom is -0.455 e. The molecule has 2 rings (SSSR count). The number of halogens is 3. The summed E-state index contributed by atoms with van der Waals surface area (Å²) >= 11 is 1.43. The maximum atomic E-state index is 12.6. The Labute approximate surface area is 156 Å². The summed E-state index contributed by atoms with van der Waals surface area (Å²) in [5.74, 6) is -1.74. The van der Waals surface area contributed by atoms with E-state index in [0.717, 1.165) is 17.0 Å². The molecule has 27 heavy (non-hydrogen) atoms. The molecule has 0 spiro atoms. The highest BCUT2D eigenvalue weighted by atomic mass is 32.1. The zero-order valence-electron chi connectivity index (χ0n) is 13.8. The molecule has 0 bridgehead atoms. The first-order chi connectivity index (χ1) is 12.7. The number of benzene rings is 1. The fourth-order valence-corrected chi connectivity index (χ4v) is 2.65. The Morgan fingerprint density at radius 3 is 2.56 bits per heavy atom. The Kier molecular flexibility index (Phi) is 6.94. The maximum absolute atomic E-state index is 12.6. The van der Waals surface area contributed by atoms with Gasteiger partial charge in [0.25, 0.3) is 5.91 Å². The first kappa shape index (κ1) is 20.4. The van der Waals surface area contributed by atoms with E-state index in [2.05, 4.69) is 10.1 Å². The molecule has 3 amide bonds. The van der Waals surface area contributed by atoms with Gasteiger partial charge in [-0.05, 0) is 23.1 Å². The van der Waals surface area contributed by atoms with Gasteiger partial charge in [0, 0.05) is 4.88 Å². The fraction of sp³-hybridized carbons (Fsp3) is 0.235. The molecule has 0 aliphatic heterocycles. The second-order valence-electron chi connectivity index (χ2n) is 5.35. The zero-order chi connectivity index (χ0) is 19.9. The number of nitrogens with one attached hydrogen (secondary N) is 2. The molecule has 2 N–H and O–H groups in total. The van der Waals surface area contributed by atoms with Crippen molar-refractivity contribution in [3.63, 3.8) is 0 Å². The molecule has 0 fully saturated rings. The van der Waals surface area contributed by atoms with Gasteiger partial charge in [-0.15, -0.1) is 11.3 Å². The number of alkyl halides is 3. The van der Waals surface area contributed by atoms with Gasteiger partial charge in [0.1, 0.15) is 0 Å². The normalized spacial score (nSPS) is 10.9. The van der Waals surface area contributed by atoms with Crippen LogP contribution in [0.3, 0.4) is 0 Å². The van der Waals surface area contributed by atoms with Crippen LogP contribution in [-0.4, -0.2) is 24.5 Å². The fourth-order valence-electron chi connectivity index (χ4n) is 2.01. The molecule has 0 atom stereocenters. The van der Waals surface area contributed by atoms with E-state index in [-0.39, 0.29) is 12.1 Å². The third-order valence-electron chi connectivity index (χ3n) is 3.22. The standard InChI is InChI=1S/C17H15F3N2O4S/c18-17(19,20)12-4-1-3-11(7-12)8-15(24)26-10-14(23)22-16(25)21-9-13-5-2-6-27-13/h1-7H,8-10H2,(H2,21,22,23,25). The molecule has 0 saturated heterocycles. The SMILES string of the molecule is O=C(COC(=O)Cc1cccc(C(F)(F)F)c1)NC(=O)NCc1cccs1. The van der Waals surface area contributed by atoms with E-state index < -0.39 is 42.7 Å². The minimum atomic E-state index is -4.52. The van der Waals surface area contributed by atoms with Gasteiger partial charge in [-0.1, -0.05) is 24.3 Å². The summed E-state index contributed by atoms with van der Waals surface area (Å²) < 4.78 is 42.6.